The molecule has 140 valence electrons. The fourth-order valence-electron chi connectivity index (χ4n) is 2.34. The summed E-state index contributed by atoms with van der Waals surface area (Å²) in [6.45, 7) is 4.90. The molecule has 0 saturated carbocycles. The molecule has 0 fully saturated rings. The predicted octanol–water partition coefficient (Wildman–Crippen LogP) is 3.75. The van der Waals surface area contributed by atoms with E-state index < -0.39 is 0 Å². The highest BCUT2D eigenvalue weighted by Crippen LogP contribution is 2.17. The number of nitrogens with one attached hydrogen (secondary N) is 1. The molecule has 2 aromatic carbocycles. The minimum atomic E-state index is -0.0497. The largest absolute Gasteiger partial charge is 0.497 e. The molecule has 0 bridgehead atoms. The minimum absolute atomic E-state index is 0.00309. The summed E-state index contributed by atoms with van der Waals surface area (Å²) >= 11 is 0. The second kappa shape index (κ2) is 10.3. The van der Waals surface area contributed by atoms with E-state index in [9.17, 15) is 4.79 Å². The summed E-state index contributed by atoms with van der Waals surface area (Å²) in [6, 6.07) is 15.2. The molecule has 0 aliphatic carbocycles. The van der Waals surface area contributed by atoms with Crippen LogP contribution < -0.4 is 19.5 Å². The van der Waals surface area contributed by atoms with Gasteiger partial charge in [-0.3, -0.25) is 4.79 Å². The Morgan fingerprint density at radius 3 is 2.19 bits per heavy atom. The summed E-state index contributed by atoms with van der Waals surface area (Å²) in [7, 11) is 1.63. The van der Waals surface area contributed by atoms with Gasteiger partial charge in [0, 0.05) is 6.42 Å². The van der Waals surface area contributed by atoms with Gasteiger partial charge in [-0.1, -0.05) is 17.7 Å². The number of ether oxygens (including phenoxy) is 3. The number of rotatable bonds is 10. The van der Waals surface area contributed by atoms with E-state index in [2.05, 4.69) is 5.32 Å². The van der Waals surface area contributed by atoms with Crippen LogP contribution in [0.5, 0.6) is 17.2 Å². The molecule has 1 amide bonds. The molecule has 0 radical (unpaired) electrons. The van der Waals surface area contributed by atoms with Crippen molar-refractivity contribution in [2.75, 3.05) is 20.3 Å². The van der Waals surface area contributed by atoms with Crippen molar-refractivity contribution in [3.8, 4) is 17.2 Å². The summed E-state index contributed by atoms with van der Waals surface area (Å²) in [5.41, 5.74) is 1.19. The zero-order valence-corrected chi connectivity index (χ0v) is 15.7. The van der Waals surface area contributed by atoms with E-state index >= 15 is 0 Å². The highest BCUT2D eigenvalue weighted by atomic mass is 16.5. The fraction of sp³-hybridized carbons (Fsp3) is 0.381. The number of benzene rings is 2. The maximum atomic E-state index is 12.0. The number of carbonyl (C=O) groups is 1. The van der Waals surface area contributed by atoms with Gasteiger partial charge in [0.25, 0.3) is 0 Å². The molecule has 5 nitrogen and oxygen atoms in total. The number of aryl methyl sites for hydroxylation is 1. The van der Waals surface area contributed by atoms with E-state index in [1.54, 1.807) is 7.11 Å². The van der Waals surface area contributed by atoms with Crippen molar-refractivity contribution in [3.05, 3.63) is 54.1 Å². The lowest BCUT2D eigenvalue weighted by atomic mass is 10.2. The first-order valence-corrected chi connectivity index (χ1v) is 8.82. The molecule has 1 N–H and O–H groups in total. The van der Waals surface area contributed by atoms with Gasteiger partial charge in [-0.25, -0.2) is 0 Å². The molecule has 1 atom stereocenters. The van der Waals surface area contributed by atoms with Gasteiger partial charge < -0.3 is 19.5 Å². The van der Waals surface area contributed by atoms with Crippen LogP contribution in [0.15, 0.2) is 48.5 Å². The van der Waals surface area contributed by atoms with Gasteiger partial charge in [0.1, 0.15) is 23.9 Å². The maximum Gasteiger partial charge on any atom is 0.220 e. The normalized spacial score (nSPS) is 11.5. The molecule has 2 aromatic rings. The van der Waals surface area contributed by atoms with Gasteiger partial charge in [-0.2, -0.15) is 0 Å². The van der Waals surface area contributed by atoms with E-state index in [1.165, 1.54) is 5.56 Å². The highest BCUT2D eigenvalue weighted by molar-refractivity contribution is 5.76. The average Bonchev–Trinajstić information content (AvgIpc) is 2.65. The lowest BCUT2D eigenvalue weighted by Crippen LogP contribution is -2.36. The van der Waals surface area contributed by atoms with Gasteiger partial charge in [-0.05, 0) is 56.7 Å². The van der Waals surface area contributed by atoms with Gasteiger partial charge in [0.05, 0.1) is 19.8 Å². The van der Waals surface area contributed by atoms with Crippen LogP contribution in [0, 0.1) is 6.92 Å². The Morgan fingerprint density at radius 1 is 0.962 bits per heavy atom. The van der Waals surface area contributed by atoms with Gasteiger partial charge in [0.15, 0.2) is 0 Å². The first-order chi connectivity index (χ1) is 12.6. The number of carbonyl (C=O) groups excluding carboxylic acids is 1. The molecule has 0 aromatic heterocycles. The van der Waals surface area contributed by atoms with Gasteiger partial charge >= 0.3 is 0 Å². The zero-order valence-electron chi connectivity index (χ0n) is 15.7. The molecular formula is C21H27NO4. The minimum Gasteiger partial charge on any atom is -0.497 e. The summed E-state index contributed by atoms with van der Waals surface area (Å²) < 4.78 is 16.4. The monoisotopic (exact) mass is 357 g/mol. The second-order valence-corrected chi connectivity index (χ2v) is 6.22. The number of amides is 1. The Morgan fingerprint density at radius 2 is 1.54 bits per heavy atom. The molecule has 0 aliphatic heterocycles. The lowest BCUT2D eigenvalue weighted by Gasteiger charge is -2.15. The zero-order chi connectivity index (χ0) is 18.8. The standard InChI is InChI=1S/C21H27NO4/c1-16-6-8-20(9-7-16)26-15-17(2)22-21(23)5-4-14-25-19-12-10-18(24-3)11-13-19/h6-13,17H,4-5,14-15H2,1-3H3,(H,22,23). The Kier molecular flexibility index (Phi) is 7.80. The Labute approximate surface area is 155 Å². The van der Waals surface area contributed by atoms with Crippen LogP contribution in [-0.4, -0.2) is 32.3 Å². The highest BCUT2D eigenvalue weighted by Gasteiger charge is 2.08. The van der Waals surface area contributed by atoms with E-state index in [0.717, 1.165) is 17.2 Å². The molecule has 26 heavy (non-hydrogen) atoms. The van der Waals surface area contributed by atoms with Crippen molar-refractivity contribution in [3.63, 3.8) is 0 Å². The van der Waals surface area contributed by atoms with Crippen molar-refractivity contribution in [1.29, 1.82) is 0 Å². The molecule has 0 saturated heterocycles. The summed E-state index contributed by atoms with van der Waals surface area (Å²) in [4.78, 5) is 12.0. The Bertz CT molecular complexity index is 667. The van der Waals surface area contributed by atoms with Crippen molar-refractivity contribution < 1.29 is 19.0 Å². The van der Waals surface area contributed by atoms with Crippen LogP contribution in [0.4, 0.5) is 0 Å². The van der Waals surface area contributed by atoms with E-state index in [-0.39, 0.29) is 11.9 Å². The van der Waals surface area contributed by atoms with Crippen LogP contribution >= 0.6 is 0 Å². The molecular weight excluding hydrogens is 330 g/mol. The summed E-state index contributed by atoms with van der Waals surface area (Å²) in [5.74, 6) is 2.37. The van der Waals surface area contributed by atoms with Crippen molar-refractivity contribution >= 4 is 5.91 Å². The molecule has 0 heterocycles. The van der Waals surface area contributed by atoms with Crippen LogP contribution in [0.3, 0.4) is 0 Å². The molecule has 5 heteroatoms. The third-order valence-electron chi connectivity index (χ3n) is 3.80. The van der Waals surface area contributed by atoms with Crippen LogP contribution in [-0.2, 0) is 4.79 Å². The van der Waals surface area contributed by atoms with E-state index in [1.807, 2.05) is 62.4 Å². The average molecular weight is 357 g/mol. The molecule has 0 aliphatic rings. The first-order valence-electron chi connectivity index (χ1n) is 8.82. The smallest absolute Gasteiger partial charge is 0.220 e. The Balaban J connectivity index is 1.59. The SMILES string of the molecule is COc1ccc(OCCCC(=O)NC(C)COc2ccc(C)cc2)cc1. The second-order valence-electron chi connectivity index (χ2n) is 6.22. The molecule has 0 spiro atoms. The van der Waals surface area contributed by atoms with Gasteiger partial charge in [0.2, 0.25) is 5.91 Å². The third-order valence-corrected chi connectivity index (χ3v) is 3.80. The number of hydrogen-bond donors (Lipinski definition) is 1. The lowest BCUT2D eigenvalue weighted by molar-refractivity contribution is -0.122. The van der Waals surface area contributed by atoms with Crippen molar-refractivity contribution in [2.45, 2.75) is 32.7 Å². The first kappa shape index (κ1) is 19.6. The quantitative estimate of drug-likeness (QED) is 0.658. The number of methoxy groups -OCH3 is 1. The maximum absolute atomic E-state index is 12.0. The van der Waals surface area contributed by atoms with E-state index in [4.69, 9.17) is 14.2 Å². The van der Waals surface area contributed by atoms with Crippen LogP contribution in [0.1, 0.15) is 25.3 Å². The topological polar surface area (TPSA) is 56.8 Å². The third kappa shape index (κ3) is 7.05. The molecule has 2 rings (SSSR count). The predicted molar refractivity (Wildman–Crippen MR) is 102 cm³/mol. The molecule has 1 unspecified atom stereocenters. The van der Waals surface area contributed by atoms with E-state index in [0.29, 0.717) is 26.1 Å². The number of hydrogen-bond acceptors (Lipinski definition) is 4. The van der Waals surface area contributed by atoms with Crippen molar-refractivity contribution in [2.24, 2.45) is 0 Å². The Hall–Kier alpha value is -2.69. The summed E-state index contributed by atoms with van der Waals surface area (Å²) in [5, 5.41) is 2.94. The fourth-order valence-corrected chi connectivity index (χ4v) is 2.34. The van der Waals surface area contributed by atoms with Gasteiger partial charge in [-0.15, -0.1) is 0 Å². The van der Waals surface area contributed by atoms with Crippen LogP contribution in [0.2, 0.25) is 0 Å². The van der Waals surface area contributed by atoms with Crippen LogP contribution in [0.25, 0.3) is 0 Å². The summed E-state index contributed by atoms with van der Waals surface area (Å²) in [6.07, 6.45) is 1.08. The van der Waals surface area contributed by atoms with Crippen molar-refractivity contribution in [1.82, 2.24) is 5.32 Å².